The van der Waals surface area contributed by atoms with Crippen LogP contribution in [-0.2, 0) is 9.59 Å². The van der Waals surface area contributed by atoms with Crippen LogP contribution in [0.1, 0.15) is 45.4 Å². The molecule has 0 aromatic carbocycles. The summed E-state index contributed by atoms with van der Waals surface area (Å²) in [6, 6.07) is 0. The SMILES string of the molecule is CC/C=C\C[C@H](O)/C=C/[C@H]1C=CC(=O)[C@@H]1C/C=C\C/C=C\CCC(=O)O. The molecule has 0 saturated heterocycles. The number of hydrogen-bond donors (Lipinski definition) is 2. The van der Waals surface area contributed by atoms with Crippen LogP contribution in [0.15, 0.2) is 60.8 Å². The number of aliphatic hydroxyl groups excluding tert-OH is 1. The van der Waals surface area contributed by atoms with Gasteiger partial charge >= 0.3 is 5.97 Å². The summed E-state index contributed by atoms with van der Waals surface area (Å²) in [6.45, 7) is 2.05. The van der Waals surface area contributed by atoms with Crippen LogP contribution < -0.4 is 0 Å². The van der Waals surface area contributed by atoms with Gasteiger partial charge in [-0.15, -0.1) is 0 Å². The molecule has 0 radical (unpaired) electrons. The van der Waals surface area contributed by atoms with Gasteiger partial charge < -0.3 is 10.2 Å². The fourth-order valence-electron chi connectivity index (χ4n) is 2.70. The van der Waals surface area contributed by atoms with Crippen LogP contribution in [0.25, 0.3) is 0 Å². The van der Waals surface area contributed by atoms with Crippen molar-refractivity contribution < 1.29 is 19.8 Å². The second kappa shape index (κ2) is 13.1. The minimum absolute atomic E-state index is 0.0306. The van der Waals surface area contributed by atoms with Gasteiger partial charge in [0.05, 0.1) is 6.10 Å². The van der Waals surface area contributed by atoms with E-state index in [9.17, 15) is 14.7 Å². The lowest BCUT2D eigenvalue weighted by Crippen LogP contribution is -2.14. The molecule has 4 heteroatoms. The minimum Gasteiger partial charge on any atom is -0.481 e. The molecule has 1 aliphatic rings. The van der Waals surface area contributed by atoms with Gasteiger partial charge in [0, 0.05) is 18.3 Å². The van der Waals surface area contributed by atoms with Gasteiger partial charge in [0.15, 0.2) is 5.78 Å². The third-order valence-corrected chi connectivity index (χ3v) is 4.17. The average molecular weight is 358 g/mol. The van der Waals surface area contributed by atoms with E-state index in [0.717, 1.165) is 12.8 Å². The van der Waals surface area contributed by atoms with Gasteiger partial charge in [0.2, 0.25) is 0 Å². The molecule has 0 saturated carbocycles. The summed E-state index contributed by atoms with van der Waals surface area (Å²) in [4.78, 5) is 22.4. The second-order valence-electron chi connectivity index (χ2n) is 6.36. The van der Waals surface area contributed by atoms with E-state index in [0.29, 0.717) is 19.3 Å². The Balaban J connectivity index is 2.39. The van der Waals surface area contributed by atoms with Gasteiger partial charge in [-0.25, -0.2) is 0 Å². The molecule has 26 heavy (non-hydrogen) atoms. The zero-order valence-corrected chi connectivity index (χ0v) is 15.5. The first-order valence-electron chi connectivity index (χ1n) is 9.29. The standard InChI is InChI=1S/C22H30O4/c1-2-3-8-11-19(23)16-14-18-15-17-21(24)20(18)12-9-6-4-5-7-10-13-22(25)26/h3,5-9,14-20,23H,2,4,10-13H2,1H3,(H,25,26)/b7-5-,8-3-,9-6-,16-14+/t18-,19-,20+/m0/s1. The largest absolute Gasteiger partial charge is 0.481 e. The monoisotopic (exact) mass is 358 g/mol. The first-order chi connectivity index (χ1) is 12.5. The predicted molar refractivity (Wildman–Crippen MR) is 105 cm³/mol. The Bertz CT molecular complexity index is 581. The zero-order chi connectivity index (χ0) is 19.2. The smallest absolute Gasteiger partial charge is 0.303 e. The molecule has 0 aliphatic heterocycles. The number of aliphatic carboxylic acids is 1. The van der Waals surface area contributed by atoms with Crippen molar-refractivity contribution in [2.45, 2.75) is 51.6 Å². The van der Waals surface area contributed by atoms with Crippen LogP contribution in [0.4, 0.5) is 0 Å². The fraction of sp³-hybridized carbons (Fsp3) is 0.455. The first-order valence-corrected chi connectivity index (χ1v) is 9.29. The highest BCUT2D eigenvalue weighted by atomic mass is 16.4. The van der Waals surface area contributed by atoms with E-state index in [4.69, 9.17) is 5.11 Å². The highest BCUT2D eigenvalue weighted by Crippen LogP contribution is 2.27. The van der Waals surface area contributed by atoms with Gasteiger partial charge in [-0.05, 0) is 38.2 Å². The molecular formula is C22H30O4. The van der Waals surface area contributed by atoms with Crippen LogP contribution >= 0.6 is 0 Å². The van der Waals surface area contributed by atoms with E-state index >= 15 is 0 Å². The summed E-state index contributed by atoms with van der Waals surface area (Å²) in [7, 11) is 0. The highest BCUT2D eigenvalue weighted by molar-refractivity contribution is 5.95. The molecule has 0 aromatic rings. The number of hydrogen-bond acceptors (Lipinski definition) is 3. The maximum Gasteiger partial charge on any atom is 0.303 e. The van der Waals surface area contributed by atoms with Gasteiger partial charge in [-0.1, -0.05) is 61.6 Å². The maximum atomic E-state index is 12.0. The second-order valence-corrected chi connectivity index (χ2v) is 6.36. The highest BCUT2D eigenvalue weighted by Gasteiger charge is 2.27. The number of ketones is 1. The zero-order valence-electron chi connectivity index (χ0n) is 15.5. The van der Waals surface area contributed by atoms with Crippen molar-refractivity contribution in [3.05, 3.63) is 60.8 Å². The average Bonchev–Trinajstić information content (AvgIpc) is 2.95. The molecule has 0 spiro atoms. The van der Waals surface area contributed by atoms with E-state index in [1.807, 2.05) is 48.6 Å². The Kier molecular flexibility index (Phi) is 11.0. The van der Waals surface area contributed by atoms with E-state index in [2.05, 4.69) is 6.92 Å². The maximum absolute atomic E-state index is 12.0. The number of aliphatic hydroxyl groups is 1. The summed E-state index contributed by atoms with van der Waals surface area (Å²) >= 11 is 0. The molecule has 142 valence electrons. The molecule has 3 atom stereocenters. The number of carboxylic acid groups (broad SMARTS) is 1. The van der Waals surface area contributed by atoms with Crippen molar-refractivity contribution in [1.29, 1.82) is 0 Å². The van der Waals surface area contributed by atoms with Crippen molar-refractivity contribution in [1.82, 2.24) is 0 Å². The van der Waals surface area contributed by atoms with Crippen molar-refractivity contribution in [2.24, 2.45) is 11.8 Å². The molecule has 1 rings (SSSR count). The molecule has 0 amide bonds. The van der Waals surface area contributed by atoms with Crippen molar-refractivity contribution in [3.8, 4) is 0 Å². The Hall–Kier alpha value is -2.20. The molecule has 2 N–H and O–H groups in total. The van der Waals surface area contributed by atoms with Crippen LogP contribution in [0.3, 0.4) is 0 Å². The van der Waals surface area contributed by atoms with Gasteiger partial charge in [0.1, 0.15) is 0 Å². The topological polar surface area (TPSA) is 74.6 Å². The number of carbonyl (C=O) groups is 2. The normalized spacial score (nSPS) is 21.8. The molecule has 0 heterocycles. The van der Waals surface area contributed by atoms with Crippen LogP contribution in [0.2, 0.25) is 0 Å². The van der Waals surface area contributed by atoms with Crippen LogP contribution in [-0.4, -0.2) is 28.1 Å². The van der Waals surface area contributed by atoms with Crippen molar-refractivity contribution >= 4 is 11.8 Å². The Morgan fingerprint density at radius 2 is 1.96 bits per heavy atom. The van der Waals surface area contributed by atoms with Gasteiger partial charge in [0.25, 0.3) is 0 Å². The van der Waals surface area contributed by atoms with E-state index < -0.39 is 12.1 Å². The molecule has 0 aromatic heterocycles. The fourth-order valence-corrected chi connectivity index (χ4v) is 2.70. The lowest BCUT2D eigenvalue weighted by molar-refractivity contribution is -0.136. The minimum atomic E-state index is -0.789. The Morgan fingerprint density at radius 1 is 1.19 bits per heavy atom. The number of rotatable bonds is 12. The summed E-state index contributed by atoms with van der Waals surface area (Å²) < 4.78 is 0. The third-order valence-electron chi connectivity index (χ3n) is 4.17. The lowest BCUT2D eigenvalue weighted by Gasteiger charge is -2.13. The van der Waals surface area contributed by atoms with Gasteiger partial charge in [-0.2, -0.15) is 0 Å². The third kappa shape index (κ3) is 9.33. The first kappa shape index (κ1) is 21.8. The van der Waals surface area contributed by atoms with Crippen molar-refractivity contribution in [3.63, 3.8) is 0 Å². The summed E-state index contributed by atoms with van der Waals surface area (Å²) in [5, 5.41) is 18.5. The molecule has 4 nitrogen and oxygen atoms in total. The predicted octanol–water partition coefficient (Wildman–Crippen LogP) is 4.39. The molecule has 1 aliphatic carbocycles. The molecular weight excluding hydrogens is 328 g/mol. The summed E-state index contributed by atoms with van der Waals surface area (Å²) in [6.07, 6.45) is 22.1. The summed E-state index contributed by atoms with van der Waals surface area (Å²) in [5.74, 6) is -0.732. The van der Waals surface area contributed by atoms with E-state index in [-0.39, 0.29) is 24.0 Å². The van der Waals surface area contributed by atoms with E-state index in [1.165, 1.54) is 0 Å². The van der Waals surface area contributed by atoms with Crippen molar-refractivity contribution in [2.75, 3.05) is 0 Å². The molecule has 0 fully saturated rings. The number of allylic oxidation sites excluding steroid dienone is 8. The Morgan fingerprint density at radius 3 is 2.69 bits per heavy atom. The summed E-state index contributed by atoms with van der Waals surface area (Å²) in [5.41, 5.74) is 0. The quantitative estimate of drug-likeness (QED) is 0.507. The molecule has 0 unspecified atom stereocenters. The lowest BCUT2D eigenvalue weighted by atomic mass is 9.90. The van der Waals surface area contributed by atoms with Gasteiger partial charge in [-0.3, -0.25) is 9.59 Å². The van der Waals surface area contributed by atoms with E-state index in [1.54, 1.807) is 12.2 Å². The molecule has 0 bridgehead atoms. The van der Waals surface area contributed by atoms with Crippen LogP contribution in [0.5, 0.6) is 0 Å². The van der Waals surface area contributed by atoms with Crippen LogP contribution in [0, 0.1) is 11.8 Å². The number of carbonyl (C=O) groups excluding carboxylic acids is 1. The Labute approximate surface area is 156 Å². The number of carboxylic acids is 1.